The summed E-state index contributed by atoms with van der Waals surface area (Å²) in [5, 5.41) is 4.00. The van der Waals surface area contributed by atoms with Crippen molar-refractivity contribution in [3.63, 3.8) is 0 Å². The lowest BCUT2D eigenvalue weighted by Crippen LogP contribution is -2.28. The third-order valence-electron chi connectivity index (χ3n) is 1.05. The van der Waals surface area contributed by atoms with Crippen LogP contribution in [0.1, 0.15) is 27.7 Å². The molecule has 0 aromatic carbocycles. The summed E-state index contributed by atoms with van der Waals surface area (Å²) in [6.07, 6.45) is 0. The van der Waals surface area contributed by atoms with Crippen LogP contribution in [-0.2, 0) is 0 Å². The van der Waals surface area contributed by atoms with Gasteiger partial charge in [0, 0.05) is 28.2 Å². The molecule has 4 nitrogen and oxygen atoms in total. The summed E-state index contributed by atoms with van der Waals surface area (Å²) in [7, 11) is 11.6. The predicted molar refractivity (Wildman–Crippen MR) is 68.2 cm³/mol. The monoisotopic (exact) mass is 208 g/mol. The van der Waals surface area contributed by atoms with Gasteiger partial charge in [-0.25, -0.2) is 10.0 Å². The zero-order valence-electron chi connectivity index (χ0n) is 11.9. The van der Waals surface area contributed by atoms with Crippen LogP contribution in [0.2, 0.25) is 0 Å². The molecule has 0 aliphatic heterocycles. The maximum absolute atomic E-state index is 2.68. The minimum absolute atomic E-state index is 1.82. The Labute approximate surface area is 91.6 Å². The molecular formula is C10H32N4. The second kappa shape index (κ2) is 29.3. The van der Waals surface area contributed by atoms with E-state index in [1.54, 1.807) is 0 Å². The van der Waals surface area contributed by atoms with Crippen molar-refractivity contribution < 1.29 is 0 Å². The van der Waals surface area contributed by atoms with Crippen LogP contribution in [0.15, 0.2) is 0 Å². The van der Waals surface area contributed by atoms with Gasteiger partial charge in [-0.05, 0) is 14.1 Å². The summed E-state index contributed by atoms with van der Waals surface area (Å²) in [6.45, 7) is 8.00. The molecule has 0 aromatic heterocycles. The molecule has 92 valence electrons. The minimum Gasteiger partial charge on any atom is -0.261 e. The molecule has 0 radical (unpaired) electrons. The molecule has 0 fully saturated rings. The van der Waals surface area contributed by atoms with Crippen molar-refractivity contribution in [2.45, 2.75) is 27.7 Å². The first-order chi connectivity index (χ1) is 6.56. The van der Waals surface area contributed by atoms with Crippen LogP contribution in [0.5, 0.6) is 0 Å². The molecule has 0 saturated carbocycles. The smallest absolute Gasteiger partial charge is 0.00151 e. The average Bonchev–Trinajstić information content (AvgIpc) is 2.24. The maximum atomic E-state index is 2.68. The molecule has 0 unspecified atom stereocenters. The lowest BCUT2D eigenvalue weighted by Gasteiger charge is -2.17. The number of nitrogens with zero attached hydrogens (tertiary/aromatic N) is 2. The van der Waals surface area contributed by atoms with E-state index in [1.165, 1.54) is 0 Å². The first-order valence-electron chi connectivity index (χ1n) is 5.24. The van der Waals surface area contributed by atoms with Gasteiger partial charge in [-0.15, -0.1) is 0 Å². The number of nitrogens with one attached hydrogen (secondary N) is 2. The quantitative estimate of drug-likeness (QED) is 0.672. The fourth-order valence-corrected chi connectivity index (χ4v) is 0. The molecule has 0 rings (SSSR count). The van der Waals surface area contributed by atoms with Gasteiger partial charge in [0.25, 0.3) is 0 Å². The maximum Gasteiger partial charge on any atom is 0.00151 e. The summed E-state index contributed by atoms with van der Waals surface area (Å²) >= 11 is 0. The van der Waals surface area contributed by atoms with Gasteiger partial charge in [0.2, 0.25) is 0 Å². The van der Waals surface area contributed by atoms with Crippen LogP contribution in [0, 0.1) is 0 Å². The van der Waals surface area contributed by atoms with Gasteiger partial charge < -0.3 is 0 Å². The molecule has 0 aliphatic carbocycles. The Hall–Kier alpha value is -0.160. The topological polar surface area (TPSA) is 30.5 Å². The zero-order valence-corrected chi connectivity index (χ0v) is 11.9. The second-order valence-corrected chi connectivity index (χ2v) is 2.19. The van der Waals surface area contributed by atoms with Gasteiger partial charge in [0.1, 0.15) is 0 Å². The number of rotatable bonds is 2. The molecule has 0 atom stereocenters. The SMILES string of the molecule is CC.CC.CN(C)N(C)C.CNNC. The van der Waals surface area contributed by atoms with E-state index in [0.717, 1.165) is 0 Å². The van der Waals surface area contributed by atoms with Crippen LogP contribution >= 0.6 is 0 Å². The van der Waals surface area contributed by atoms with Crippen LogP contribution < -0.4 is 10.9 Å². The van der Waals surface area contributed by atoms with E-state index in [0.29, 0.717) is 0 Å². The highest BCUT2D eigenvalue weighted by Crippen LogP contribution is 1.72. The average molecular weight is 208 g/mol. The van der Waals surface area contributed by atoms with Gasteiger partial charge >= 0.3 is 0 Å². The highest BCUT2D eigenvalue weighted by atomic mass is 15.6. The van der Waals surface area contributed by atoms with Crippen molar-refractivity contribution >= 4 is 0 Å². The van der Waals surface area contributed by atoms with Crippen LogP contribution in [0.25, 0.3) is 0 Å². The third-order valence-corrected chi connectivity index (χ3v) is 1.05. The van der Waals surface area contributed by atoms with Crippen molar-refractivity contribution in [3.8, 4) is 0 Å². The van der Waals surface area contributed by atoms with Gasteiger partial charge in [-0.3, -0.25) is 10.9 Å². The molecule has 0 aliphatic rings. The van der Waals surface area contributed by atoms with Crippen LogP contribution in [0.3, 0.4) is 0 Å². The normalized spacial score (nSPS) is 7.71. The first kappa shape index (κ1) is 23.6. The lowest BCUT2D eigenvalue weighted by atomic mass is 11.0. The van der Waals surface area contributed by atoms with Gasteiger partial charge in [0.15, 0.2) is 0 Å². The van der Waals surface area contributed by atoms with E-state index < -0.39 is 0 Å². The minimum atomic E-state index is 1.82. The van der Waals surface area contributed by atoms with E-state index >= 15 is 0 Å². The van der Waals surface area contributed by atoms with Crippen molar-refractivity contribution in [2.24, 2.45) is 0 Å². The standard InChI is InChI=1S/C4H12N2.C2H8N2.2C2H6/c1-5(2)6(3)4;1-3-4-2;2*1-2/h1-4H3;3-4H,1-2H3;2*1-2H3. The Bertz CT molecular complexity index is 48.1. The predicted octanol–water partition coefficient (Wildman–Crippen LogP) is 1.42. The van der Waals surface area contributed by atoms with Gasteiger partial charge in [-0.2, -0.15) is 0 Å². The molecule has 0 aromatic rings. The molecule has 2 N–H and O–H groups in total. The summed E-state index contributed by atoms with van der Waals surface area (Å²) in [4.78, 5) is 0. The van der Waals surface area contributed by atoms with Gasteiger partial charge in [-0.1, -0.05) is 27.7 Å². The Morgan fingerprint density at radius 1 is 0.571 bits per heavy atom. The Morgan fingerprint density at radius 2 is 0.714 bits per heavy atom. The number of hydrogen-bond donors (Lipinski definition) is 2. The first-order valence-corrected chi connectivity index (χ1v) is 5.24. The molecule has 0 spiro atoms. The summed E-state index contributed by atoms with van der Waals surface area (Å²) < 4.78 is 0. The van der Waals surface area contributed by atoms with E-state index in [2.05, 4.69) is 10.9 Å². The van der Waals surface area contributed by atoms with Crippen molar-refractivity contribution in [1.82, 2.24) is 20.9 Å². The third kappa shape index (κ3) is 59.4. The molecule has 0 amide bonds. The summed E-state index contributed by atoms with van der Waals surface area (Å²) in [5.41, 5.74) is 5.36. The molecule has 4 heteroatoms. The van der Waals surface area contributed by atoms with E-state index in [4.69, 9.17) is 0 Å². The lowest BCUT2D eigenvalue weighted by molar-refractivity contribution is 0.0894. The highest BCUT2D eigenvalue weighted by Gasteiger charge is 1.84. The second-order valence-electron chi connectivity index (χ2n) is 2.19. The van der Waals surface area contributed by atoms with Gasteiger partial charge in [0.05, 0.1) is 0 Å². The Morgan fingerprint density at radius 3 is 0.714 bits per heavy atom. The molecular weight excluding hydrogens is 176 g/mol. The highest BCUT2D eigenvalue weighted by molar-refractivity contribution is 4.21. The molecule has 0 saturated heterocycles. The van der Waals surface area contributed by atoms with Crippen molar-refractivity contribution in [3.05, 3.63) is 0 Å². The van der Waals surface area contributed by atoms with E-state index in [9.17, 15) is 0 Å². The number of hydrazine groups is 2. The van der Waals surface area contributed by atoms with Crippen LogP contribution in [0.4, 0.5) is 0 Å². The van der Waals surface area contributed by atoms with E-state index in [-0.39, 0.29) is 0 Å². The molecule has 0 heterocycles. The molecule has 14 heavy (non-hydrogen) atoms. The summed E-state index contributed by atoms with van der Waals surface area (Å²) in [6, 6.07) is 0. The Balaban J connectivity index is -0.0000000546. The fraction of sp³-hybridized carbons (Fsp3) is 1.00. The van der Waals surface area contributed by atoms with Crippen LogP contribution in [-0.4, -0.2) is 52.3 Å². The van der Waals surface area contributed by atoms with E-state index in [1.807, 2.05) is 80.0 Å². The van der Waals surface area contributed by atoms with Crippen molar-refractivity contribution in [1.29, 1.82) is 0 Å². The van der Waals surface area contributed by atoms with Crippen molar-refractivity contribution in [2.75, 3.05) is 42.3 Å². The largest absolute Gasteiger partial charge is 0.261 e. The Kier molecular flexibility index (Phi) is 49.3. The number of hydrogen-bond acceptors (Lipinski definition) is 4. The fourth-order valence-electron chi connectivity index (χ4n) is 0. The zero-order chi connectivity index (χ0) is 12.6. The summed E-state index contributed by atoms with van der Waals surface area (Å²) in [5.74, 6) is 0. The molecule has 0 bridgehead atoms.